The van der Waals surface area contributed by atoms with Gasteiger partial charge in [0.1, 0.15) is 5.82 Å². The van der Waals surface area contributed by atoms with Crippen LogP contribution in [0.4, 0.5) is 5.82 Å². The Balaban J connectivity index is 1.88. The molecule has 1 atom stereocenters. The monoisotopic (exact) mass is 255 g/mol. The summed E-state index contributed by atoms with van der Waals surface area (Å²) in [5, 5.41) is 4.76. The van der Waals surface area contributed by atoms with Gasteiger partial charge in [-0.3, -0.25) is 0 Å². The van der Waals surface area contributed by atoms with Gasteiger partial charge in [-0.05, 0) is 44.0 Å². The highest BCUT2D eigenvalue weighted by Gasteiger charge is 2.17. The molecule has 1 aliphatic rings. The van der Waals surface area contributed by atoms with E-state index in [1.807, 2.05) is 6.07 Å². The van der Waals surface area contributed by atoms with E-state index < -0.39 is 0 Å². The fraction of sp³-hybridized carbons (Fsp3) is 0.438. The Bertz CT molecular complexity index is 573. The molecule has 0 radical (unpaired) electrons. The van der Waals surface area contributed by atoms with Crippen molar-refractivity contribution < 1.29 is 0 Å². The second-order valence-corrected chi connectivity index (χ2v) is 5.50. The Kier molecular flexibility index (Phi) is 3.38. The molecule has 1 aromatic carbocycles. The topological polar surface area (TPSA) is 28.2 Å². The molecule has 0 spiro atoms. The maximum absolute atomic E-state index is 4.81. The Morgan fingerprint density at radius 3 is 3.00 bits per heavy atom. The Morgan fingerprint density at radius 1 is 1.37 bits per heavy atom. The molecule has 2 aromatic rings. The smallest absolute Gasteiger partial charge is 0.131 e. The van der Waals surface area contributed by atoms with Crippen molar-refractivity contribution in [1.29, 1.82) is 0 Å². The van der Waals surface area contributed by atoms with Crippen LogP contribution in [0.15, 0.2) is 30.3 Å². The maximum Gasteiger partial charge on any atom is 0.131 e. The van der Waals surface area contributed by atoms with E-state index in [9.17, 15) is 0 Å². The van der Waals surface area contributed by atoms with Gasteiger partial charge in [-0.1, -0.05) is 18.2 Å². The molecule has 0 bridgehead atoms. The quantitative estimate of drug-likeness (QED) is 0.914. The number of aromatic nitrogens is 1. The Morgan fingerprint density at radius 2 is 2.21 bits per heavy atom. The van der Waals surface area contributed by atoms with E-state index in [-0.39, 0.29) is 0 Å². The van der Waals surface area contributed by atoms with Crippen molar-refractivity contribution in [2.24, 2.45) is 0 Å². The van der Waals surface area contributed by atoms with Crippen molar-refractivity contribution in [3.05, 3.63) is 35.9 Å². The van der Waals surface area contributed by atoms with E-state index >= 15 is 0 Å². The first-order valence-electron chi connectivity index (χ1n) is 7.05. The average molecular weight is 255 g/mol. The third kappa shape index (κ3) is 2.56. The van der Waals surface area contributed by atoms with Crippen LogP contribution in [0.25, 0.3) is 10.9 Å². The van der Waals surface area contributed by atoms with E-state index in [1.54, 1.807) is 0 Å². The zero-order valence-corrected chi connectivity index (χ0v) is 11.7. The number of nitrogens with zero attached hydrogens (tertiary/aromatic N) is 2. The molecular weight excluding hydrogens is 234 g/mol. The first kappa shape index (κ1) is 12.4. The van der Waals surface area contributed by atoms with Gasteiger partial charge in [0.05, 0.1) is 5.52 Å². The lowest BCUT2D eigenvalue weighted by molar-refractivity contribution is 0.597. The first-order chi connectivity index (χ1) is 9.24. The predicted octanol–water partition coefficient (Wildman–Crippen LogP) is 2.73. The summed E-state index contributed by atoms with van der Waals surface area (Å²) in [6.07, 6.45) is 2.57. The van der Waals surface area contributed by atoms with Gasteiger partial charge < -0.3 is 10.2 Å². The SMILES string of the molecule is Cc1cc2ccccc2nc1N(C)CC1CCCN1. The second kappa shape index (κ2) is 5.17. The molecule has 1 N–H and O–H groups in total. The molecular formula is C16H21N3. The predicted molar refractivity (Wildman–Crippen MR) is 80.8 cm³/mol. The molecule has 3 nitrogen and oxygen atoms in total. The third-order valence-electron chi connectivity index (χ3n) is 3.91. The average Bonchev–Trinajstić information content (AvgIpc) is 2.90. The highest BCUT2D eigenvalue weighted by molar-refractivity contribution is 5.81. The Labute approximate surface area is 114 Å². The molecule has 2 heterocycles. The zero-order chi connectivity index (χ0) is 13.2. The molecule has 1 fully saturated rings. The molecule has 3 heteroatoms. The second-order valence-electron chi connectivity index (χ2n) is 5.50. The van der Waals surface area contributed by atoms with Gasteiger partial charge in [-0.2, -0.15) is 0 Å². The van der Waals surface area contributed by atoms with E-state index in [0.29, 0.717) is 6.04 Å². The highest BCUT2D eigenvalue weighted by atomic mass is 15.2. The van der Waals surface area contributed by atoms with Gasteiger partial charge in [-0.25, -0.2) is 4.98 Å². The van der Waals surface area contributed by atoms with Crippen molar-refractivity contribution in [3.8, 4) is 0 Å². The number of pyridine rings is 1. The van der Waals surface area contributed by atoms with Crippen LogP contribution in [0.3, 0.4) is 0 Å². The minimum Gasteiger partial charge on any atom is -0.358 e. The number of para-hydroxylation sites is 1. The molecule has 0 saturated carbocycles. The number of rotatable bonds is 3. The normalized spacial score (nSPS) is 18.9. The molecule has 1 saturated heterocycles. The Hall–Kier alpha value is -1.61. The molecule has 100 valence electrons. The van der Waals surface area contributed by atoms with E-state index in [1.165, 1.54) is 23.8 Å². The van der Waals surface area contributed by atoms with Gasteiger partial charge in [0.25, 0.3) is 0 Å². The van der Waals surface area contributed by atoms with Crippen LogP contribution < -0.4 is 10.2 Å². The van der Waals surface area contributed by atoms with Crippen molar-refractivity contribution in [2.75, 3.05) is 25.0 Å². The molecule has 1 unspecified atom stereocenters. The lowest BCUT2D eigenvalue weighted by Crippen LogP contribution is -2.36. The summed E-state index contributed by atoms with van der Waals surface area (Å²) in [7, 11) is 2.14. The fourth-order valence-electron chi connectivity index (χ4n) is 2.93. The number of hydrogen-bond acceptors (Lipinski definition) is 3. The third-order valence-corrected chi connectivity index (χ3v) is 3.91. The van der Waals surface area contributed by atoms with Crippen LogP contribution in [-0.2, 0) is 0 Å². The minimum atomic E-state index is 0.609. The summed E-state index contributed by atoms with van der Waals surface area (Å²) in [5.74, 6) is 1.10. The summed E-state index contributed by atoms with van der Waals surface area (Å²) >= 11 is 0. The van der Waals surface area contributed by atoms with Gasteiger partial charge in [0.15, 0.2) is 0 Å². The molecule has 0 amide bonds. The summed E-state index contributed by atoms with van der Waals surface area (Å²) < 4.78 is 0. The molecule has 3 rings (SSSR count). The van der Waals surface area contributed by atoms with Crippen molar-refractivity contribution in [2.45, 2.75) is 25.8 Å². The van der Waals surface area contributed by atoms with Crippen LogP contribution in [0.1, 0.15) is 18.4 Å². The van der Waals surface area contributed by atoms with Crippen molar-refractivity contribution in [3.63, 3.8) is 0 Å². The van der Waals surface area contributed by atoms with E-state index in [2.05, 4.69) is 48.5 Å². The summed E-state index contributed by atoms with van der Waals surface area (Å²) in [6, 6.07) is 11.2. The van der Waals surface area contributed by atoms with Crippen LogP contribution in [0.2, 0.25) is 0 Å². The maximum atomic E-state index is 4.81. The van der Waals surface area contributed by atoms with E-state index in [0.717, 1.165) is 24.4 Å². The number of likely N-dealkylation sites (N-methyl/N-ethyl adjacent to an activating group) is 1. The van der Waals surface area contributed by atoms with Gasteiger partial charge in [-0.15, -0.1) is 0 Å². The molecule has 19 heavy (non-hydrogen) atoms. The lowest BCUT2D eigenvalue weighted by atomic mass is 10.1. The standard InChI is InChI=1S/C16H21N3/c1-12-10-13-6-3-4-8-15(13)18-16(12)19(2)11-14-7-5-9-17-14/h3-4,6,8,10,14,17H,5,7,9,11H2,1-2H3. The van der Waals surface area contributed by atoms with Crippen LogP contribution in [-0.4, -0.2) is 31.2 Å². The number of aryl methyl sites for hydroxylation is 1. The van der Waals surface area contributed by atoms with Gasteiger partial charge in [0.2, 0.25) is 0 Å². The number of benzene rings is 1. The minimum absolute atomic E-state index is 0.609. The summed E-state index contributed by atoms with van der Waals surface area (Å²) in [4.78, 5) is 7.10. The van der Waals surface area contributed by atoms with Crippen molar-refractivity contribution >= 4 is 16.7 Å². The fourth-order valence-corrected chi connectivity index (χ4v) is 2.93. The summed E-state index contributed by atoms with van der Waals surface area (Å²) in [6.45, 7) is 4.34. The van der Waals surface area contributed by atoms with Crippen molar-refractivity contribution in [1.82, 2.24) is 10.3 Å². The number of anilines is 1. The number of hydrogen-bond donors (Lipinski definition) is 1. The molecule has 1 aromatic heterocycles. The lowest BCUT2D eigenvalue weighted by Gasteiger charge is -2.24. The van der Waals surface area contributed by atoms with E-state index in [4.69, 9.17) is 4.98 Å². The van der Waals surface area contributed by atoms with Crippen LogP contribution >= 0.6 is 0 Å². The van der Waals surface area contributed by atoms with Crippen LogP contribution in [0, 0.1) is 6.92 Å². The zero-order valence-electron chi connectivity index (χ0n) is 11.7. The van der Waals surface area contributed by atoms with Crippen LogP contribution in [0.5, 0.6) is 0 Å². The highest BCUT2D eigenvalue weighted by Crippen LogP contribution is 2.22. The molecule has 0 aliphatic carbocycles. The summed E-state index contributed by atoms with van der Waals surface area (Å²) in [5.41, 5.74) is 2.33. The number of fused-ring (bicyclic) bond motifs is 1. The van der Waals surface area contributed by atoms with Gasteiger partial charge in [0, 0.05) is 25.0 Å². The number of nitrogens with one attached hydrogen (secondary N) is 1. The van der Waals surface area contributed by atoms with Gasteiger partial charge >= 0.3 is 0 Å². The first-order valence-corrected chi connectivity index (χ1v) is 7.05. The molecule has 1 aliphatic heterocycles. The largest absolute Gasteiger partial charge is 0.358 e.